The first kappa shape index (κ1) is 22.7. The average Bonchev–Trinajstić information content (AvgIpc) is 2.67. The first-order chi connectivity index (χ1) is 14.4. The van der Waals surface area contributed by atoms with Gasteiger partial charge in [0.2, 0.25) is 0 Å². The second-order valence-electron chi connectivity index (χ2n) is 12.4. The lowest BCUT2D eigenvalue weighted by molar-refractivity contribution is -0.238. The van der Waals surface area contributed by atoms with Crippen LogP contribution >= 0.6 is 0 Å². The lowest BCUT2D eigenvalue weighted by atomic mass is 9.35. The molecule has 4 nitrogen and oxygen atoms in total. The first-order valence-electron chi connectivity index (χ1n) is 12.2. The van der Waals surface area contributed by atoms with Crippen molar-refractivity contribution in [2.24, 2.45) is 45.3 Å². The highest BCUT2D eigenvalue weighted by atomic mass is 16.5. The van der Waals surface area contributed by atoms with E-state index in [0.717, 1.165) is 31.8 Å². The Kier molecular flexibility index (Phi) is 5.34. The molecule has 0 radical (unpaired) electrons. The minimum atomic E-state index is -0.545. The standard InChI is InChI=1S/C27H40O4/c1-17(30)31-23-14-22-25(4)12-7-11-24(2,3)20(25)10-13-26(22,5)21-9-8-18(15-28)19(16-29)27(21,23)6/h8,15-16,19-23H,7,9-14H2,1-6H3/t19-,20-,21-,22-,23-,25-,26-,27+/m0/s1. The molecule has 0 unspecified atom stereocenters. The summed E-state index contributed by atoms with van der Waals surface area (Å²) in [7, 11) is 0. The maximum atomic E-state index is 12.3. The van der Waals surface area contributed by atoms with E-state index in [1.54, 1.807) is 0 Å². The molecule has 0 spiro atoms. The van der Waals surface area contributed by atoms with Gasteiger partial charge in [-0.2, -0.15) is 0 Å². The molecule has 0 heterocycles. The number of aldehydes is 2. The normalized spacial score (nSPS) is 48.3. The lowest BCUT2D eigenvalue weighted by Crippen LogP contribution is -2.67. The van der Waals surface area contributed by atoms with Crippen LogP contribution in [0.1, 0.15) is 86.5 Å². The largest absolute Gasteiger partial charge is 0.462 e. The Morgan fingerprint density at radius 2 is 1.68 bits per heavy atom. The van der Waals surface area contributed by atoms with E-state index in [2.05, 4.69) is 34.6 Å². The van der Waals surface area contributed by atoms with Gasteiger partial charge < -0.3 is 9.53 Å². The molecule has 0 aromatic rings. The van der Waals surface area contributed by atoms with Crippen LogP contribution in [0.2, 0.25) is 0 Å². The van der Waals surface area contributed by atoms with Gasteiger partial charge in [0, 0.05) is 12.3 Å². The summed E-state index contributed by atoms with van der Waals surface area (Å²) in [5.74, 6) is 0.519. The number of rotatable bonds is 3. The SMILES string of the molecule is CC(=O)O[C@H]1C[C@H]2[C@@]3(C)CCCC(C)(C)[C@@H]3CC[C@@]2(C)[C@@H]2CC=C(C=O)[C@H](C=O)[C@@]12C. The van der Waals surface area contributed by atoms with Crippen molar-refractivity contribution in [1.29, 1.82) is 0 Å². The van der Waals surface area contributed by atoms with Crippen LogP contribution in [0, 0.1) is 45.3 Å². The molecule has 0 aliphatic heterocycles. The number of allylic oxidation sites excluding steroid dienone is 2. The zero-order chi connectivity index (χ0) is 22.8. The van der Waals surface area contributed by atoms with Gasteiger partial charge in [0.05, 0.1) is 5.92 Å². The minimum absolute atomic E-state index is 0.0657. The van der Waals surface area contributed by atoms with Crippen molar-refractivity contribution in [3.8, 4) is 0 Å². The van der Waals surface area contributed by atoms with Gasteiger partial charge in [-0.15, -0.1) is 0 Å². The van der Waals surface area contributed by atoms with Crippen molar-refractivity contribution >= 4 is 18.5 Å². The summed E-state index contributed by atoms with van der Waals surface area (Å²) in [5.41, 5.74) is 0.619. The number of hydrogen-bond donors (Lipinski definition) is 0. The average molecular weight is 429 g/mol. The minimum Gasteiger partial charge on any atom is -0.462 e. The van der Waals surface area contributed by atoms with Crippen LogP contribution in [0.5, 0.6) is 0 Å². The number of carbonyl (C=O) groups is 3. The summed E-state index contributed by atoms with van der Waals surface area (Å²) in [4.78, 5) is 36.3. The van der Waals surface area contributed by atoms with E-state index in [4.69, 9.17) is 4.74 Å². The van der Waals surface area contributed by atoms with Crippen LogP contribution in [0.3, 0.4) is 0 Å². The molecule has 0 aromatic heterocycles. The number of carbonyl (C=O) groups excluding carboxylic acids is 3. The molecule has 0 saturated heterocycles. The van der Waals surface area contributed by atoms with Crippen LogP contribution in [0.25, 0.3) is 0 Å². The fourth-order valence-electron chi connectivity index (χ4n) is 9.45. The van der Waals surface area contributed by atoms with E-state index >= 15 is 0 Å². The Hall–Kier alpha value is -1.45. The van der Waals surface area contributed by atoms with Gasteiger partial charge in [0.25, 0.3) is 0 Å². The Bertz CT molecular complexity index is 812. The summed E-state index contributed by atoms with van der Waals surface area (Å²) in [6, 6.07) is 0. The van der Waals surface area contributed by atoms with Crippen LogP contribution in [0.4, 0.5) is 0 Å². The van der Waals surface area contributed by atoms with Gasteiger partial charge in [0.15, 0.2) is 0 Å². The zero-order valence-electron chi connectivity index (χ0n) is 20.2. The first-order valence-corrected chi connectivity index (χ1v) is 12.2. The maximum absolute atomic E-state index is 12.3. The zero-order valence-corrected chi connectivity index (χ0v) is 20.2. The summed E-state index contributed by atoms with van der Waals surface area (Å²) >= 11 is 0. The highest BCUT2D eigenvalue weighted by molar-refractivity contribution is 5.82. The van der Waals surface area contributed by atoms with E-state index < -0.39 is 11.3 Å². The van der Waals surface area contributed by atoms with Crippen molar-refractivity contribution in [1.82, 2.24) is 0 Å². The van der Waals surface area contributed by atoms with Gasteiger partial charge in [-0.3, -0.25) is 9.59 Å². The predicted molar refractivity (Wildman–Crippen MR) is 120 cm³/mol. The molecular weight excluding hydrogens is 388 g/mol. The second-order valence-corrected chi connectivity index (χ2v) is 12.4. The molecule has 0 aromatic carbocycles. The van der Waals surface area contributed by atoms with Crippen LogP contribution in [0.15, 0.2) is 11.6 Å². The molecule has 0 N–H and O–H groups in total. The summed E-state index contributed by atoms with van der Waals surface area (Å²) < 4.78 is 6.02. The third kappa shape index (κ3) is 3.03. The van der Waals surface area contributed by atoms with Gasteiger partial charge >= 0.3 is 5.97 Å². The second kappa shape index (κ2) is 7.28. The van der Waals surface area contributed by atoms with Gasteiger partial charge in [-0.25, -0.2) is 0 Å². The van der Waals surface area contributed by atoms with Crippen molar-refractivity contribution < 1.29 is 19.1 Å². The van der Waals surface area contributed by atoms with Gasteiger partial charge in [-0.05, 0) is 78.1 Å². The topological polar surface area (TPSA) is 60.4 Å². The molecule has 4 heteroatoms. The van der Waals surface area contributed by atoms with Crippen LogP contribution < -0.4 is 0 Å². The van der Waals surface area contributed by atoms with Crippen molar-refractivity contribution in [2.45, 2.75) is 92.6 Å². The van der Waals surface area contributed by atoms with E-state index in [-0.39, 0.29) is 28.8 Å². The monoisotopic (exact) mass is 428 g/mol. The van der Waals surface area contributed by atoms with E-state index in [1.807, 2.05) is 6.08 Å². The van der Waals surface area contributed by atoms with Gasteiger partial charge in [-0.1, -0.05) is 47.1 Å². The molecule has 4 aliphatic rings. The van der Waals surface area contributed by atoms with E-state index in [0.29, 0.717) is 22.8 Å². The van der Waals surface area contributed by atoms with E-state index in [1.165, 1.54) is 32.6 Å². The van der Waals surface area contributed by atoms with Crippen molar-refractivity contribution in [3.05, 3.63) is 11.6 Å². The molecule has 31 heavy (non-hydrogen) atoms. The molecule has 172 valence electrons. The molecule has 4 rings (SSSR count). The number of esters is 1. The molecule has 3 saturated carbocycles. The van der Waals surface area contributed by atoms with E-state index in [9.17, 15) is 14.4 Å². The quantitative estimate of drug-likeness (QED) is 0.437. The lowest BCUT2D eigenvalue weighted by Gasteiger charge is -2.70. The third-order valence-corrected chi connectivity index (χ3v) is 10.7. The third-order valence-electron chi connectivity index (χ3n) is 10.7. The smallest absolute Gasteiger partial charge is 0.302 e. The Labute approximate surface area is 187 Å². The Morgan fingerprint density at radius 3 is 2.29 bits per heavy atom. The highest BCUT2D eigenvalue weighted by Crippen LogP contribution is 2.73. The number of fused-ring (bicyclic) bond motifs is 5. The number of ether oxygens (including phenoxy) is 1. The molecule has 8 atom stereocenters. The molecule has 3 fully saturated rings. The highest BCUT2D eigenvalue weighted by Gasteiger charge is 2.68. The fourth-order valence-corrected chi connectivity index (χ4v) is 9.45. The van der Waals surface area contributed by atoms with Gasteiger partial charge in [0.1, 0.15) is 18.7 Å². The Balaban J connectivity index is 1.85. The van der Waals surface area contributed by atoms with Crippen LogP contribution in [-0.2, 0) is 19.1 Å². The van der Waals surface area contributed by atoms with Crippen molar-refractivity contribution in [3.63, 3.8) is 0 Å². The summed E-state index contributed by atoms with van der Waals surface area (Å²) in [5, 5.41) is 0. The summed E-state index contributed by atoms with van der Waals surface area (Å²) in [6.07, 6.45) is 11.1. The maximum Gasteiger partial charge on any atom is 0.302 e. The Morgan fingerprint density at radius 1 is 1.00 bits per heavy atom. The molecule has 0 bridgehead atoms. The fraction of sp³-hybridized carbons (Fsp3) is 0.815. The summed E-state index contributed by atoms with van der Waals surface area (Å²) in [6.45, 7) is 13.4. The molecule has 0 amide bonds. The molecular formula is C27H40O4. The molecule has 4 aliphatic carbocycles. The number of hydrogen-bond acceptors (Lipinski definition) is 4. The van der Waals surface area contributed by atoms with Crippen molar-refractivity contribution in [2.75, 3.05) is 0 Å². The predicted octanol–water partition coefficient (Wildman–Crippen LogP) is 5.54. The van der Waals surface area contributed by atoms with Crippen LogP contribution in [-0.4, -0.2) is 24.6 Å².